The van der Waals surface area contributed by atoms with E-state index in [2.05, 4.69) is 0 Å². The first kappa shape index (κ1) is 14.2. The van der Waals surface area contributed by atoms with E-state index in [0.717, 1.165) is 18.9 Å². The quantitative estimate of drug-likeness (QED) is 0.634. The van der Waals surface area contributed by atoms with Crippen LogP contribution in [0.5, 0.6) is 0 Å². The van der Waals surface area contributed by atoms with E-state index in [1.54, 1.807) is 6.92 Å². The molecule has 2 rings (SSSR count). The van der Waals surface area contributed by atoms with Gasteiger partial charge >= 0.3 is 0 Å². The molecule has 1 aromatic rings. The van der Waals surface area contributed by atoms with Gasteiger partial charge in [-0.2, -0.15) is 4.31 Å². The number of aryl methyl sites for hydroxylation is 1. The Balaban J connectivity index is 2.55. The van der Waals surface area contributed by atoms with Crippen molar-refractivity contribution in [2.75, 3.05) is 13.1 Å². The van der Waals surface area contributed by atoms with Crippen LogP contribution in [0.4, 0.5) is 5.69 Å². The van der Waals surface area contributed by atoms with Gasteiger partial charge in [-0.05, 0) is 31.4 Å². The second-order valence-corrected chi connectivity index (χ2v) is 6.75. The Bertz CT molecular complexity index is 624. The number of hydrogen-bond acceptors (Lipinski definition) is 4. The van der Waals surface area contributed by atoms with E-state index in [4.69, 9.17) is 11.6 Å². The van der Waals surface area contributed by atoms with E-state index < -0.39 is 14.9 Å². The lowest BCUT2D eigenvalue weighted by molar-refractivity contribution is -0.384. The van der Waals surface area contributed by atoms with Crippen LogP contribution in [-0.2, 0) is 10.0 Å². The van der Waals surface area contributed by atoms with E-state index >= 15 is 0 Å². The van der Waals surface area contributed by atoms with Gasteiger partial charge in [-0.15, -0.1) is 0 Å². The molecule has 1 aliphatic rings. The van der Waals surface area contributed by atoms with E-state index in [1.165, 1.54) is 10.4 Å². The third-order valence-corrected chi connectivity index (χ3v) is 5.47. The zero-order chi connectivity index (χ0) is 14.2. The maximum atomic E-state index is 12.4. The highest BCUT2D eigenvalue weighted by Gasteiger charge is 2.30. The maximum absolute atomic E-state index is 12.4. The largest absolute Gasteiger partial charge is 0.289 e. The molecule has 1 aliphatic heterocycles. The molecule has 6 nitrogen and oxygen atoms in total. The van der Waals surface area contributed by atoms with Gasteiger partial charge in [0.15, 0.2) is 0 Å². The van der Waals surface area contributed by atoms with Gasteiger partial charge in [0.05, 0.1) is 9.82 Å². The van der Waals surface area contributed by atoms with Crippen LogP contribution in [-0.4, -0.2) is 30.7 Å². The molecule has 0 saturated carbocycles. The second kappa shape index (κ2) is 5.07. The fourth-order valence-corrected chi connectivity index (χ4v) is 4.16. The number of nitro benzene ring substituents is 1. The first-order valence-corrected chi connectivity index (χ1v) is 7.60. The van der Waals surface area contributed by atoms with Crippen LogP contribution in [0.25, 0.3) is 0 Å². The van der Waals surface area contributed by atoms with Crippen LogP contribution in [0, 0.1) is 17.0 Å². The van der Waals surface area contributed by atoms with Gasteiger partial charge in [0, 0.05) is 19.2 Å². The summed E-state index contributed by atoms with van der Waals surface area (Å²) in [4.78, 5) is 10.1. The Kier molecular flexibility index (Phi) is 3.80. The average Bonchev–Trinajstić information content (AvgIpc) is 2.81. The molecule has 104 valence electrons. The third-order valence-electron chi connectivity index (χ3n) is 3.12. The molecular weight excluding hydrogens is 292 g/mol. The molecule has 0 unspecified atom stereocenters. The number of benzene rings is 1. The summed E-state index contributed by atoms with van der Waals surface area (Å²) >= 11 is 5.76. The summed E-state index contributed by atoms with van der Waals surface area (Å²) < 4.78 is 26.2. The molecule has 0 bridgehead atoms. The summed E-state index contributed by atoms with van der Waals surface area (Å²) in [5, 5.41) is 10.8. The molecule has 0 aromatic heterocycles. The molecule has 8 heteroatoms. The molecule has 0 N–H and O–H groups in total. The lowest BCUT2D eigenvalue weighted by Crippen LogP contribution is -2.28. The third kappa shape index (κ3) is 2.58. The van der Waals surface area contributed by atoms with Crippen molar-refractivity contribution in [3.05, 3.63) is 32.8 Å². The van der Waals surface area contributed by atoms with Crippen LogP contribution < -0.4 is 0 Å². The summed E-state index contributed by atoms with van der Waals surface area (Å²) in [6.07, 6.45) is 1.63. The normalized spacial score (nSPS) is 16.7. The lowest BCUT2D eigenvalue weighted by Gasteiger charge is -2.17. The Labute approximate surface area is 116 Å². The van der Waals surface area contributed by atoms with Crippen LogP contribution in [0.3, 0.4) is 0 Å². The first-order chi connectivity index (χ1) is 8.84. The van der Waals surface area contributed by atoms with Crippen LogP contribution in [0.15, 0.2) is 17.0 Å². The van der Waals surface area contributed by atoms with Crippen molar-refractivity contribution in [1.82, 2.24) is 4.31 Å². The summed E-state index contributed by atoms with van der Waals surface area (Å²) in [6.45, 7) is 2.49. The maximum Gasteiger partial charge on any atom is 0.289 e. The van der Waals surface area contributed by atoms with Crippen molar-refractivity contribution in [1.29, 1.82) is 0 Å². The van der Waals surface area contributed by atoms with Gasteiger partial charge < -0.3 is 0 Å². The summed E-state index contributed by atoms with van der Waals surface area (Å²) in [6, 6.07) is 2.37. The van der Waals surface area contributed by atoms with E-state index in [9.17, 15) is 18.5 Å². The molecule has 0 spiro atoms. The zero-order valence-electron chi connectivity index (χ0n) is 10.3. The van der Waals surface area contributed by atoms with Crippen molar-refractivity contribution in [2.45, 2.75) is 24.7 Å². The van der Waals surface area contributed by atoms with Crippen LogP contribution >= 0.6 is 11.6 Å². The Morgan fingerprint density at radius 2 is 1.89 bits per heavy atom. The first-order valence-electron chi connectivity index (χ1n) is 5.78. The monoisotopic (exact) mass is 304 g/mol. The number of nitrogens with zero attached hydrogens (tertiary/aromatic N) is 2. The molecule has 0 amide bonds. The zero-order valence-corrected chi connectivity index (χ0v) is 11.9. The van der Waals surface area contributed by atoms with E-state index in [-0.39, 0.29) is 15.6 Å². The van der Waals surface area contributed by atoms with Gasteiger partial charge in [0.2, 0.25) is 10.0 Å². The Morgan fingerprint density at radius 1 is 1.32 bits per heavy atom. The van der Waals surface area contributed by atoms with Crippen LogP contribution in [0.1, 0.15) is 18.4 Å². The highest BCUT2D eigenvalue weighted by molar-refractivity contribution is 7.89. The summed E-state index contributed by atoms with van der Waals surface area (Å²) in [5.74, 6) is 0. The highest BCUT2D eigenvalue weighted by atomic mass is 35.5. The molecule has 1 fully saturated rings. The minimum atomic E-state index is -3.67. The topological polar surface area (TPSA) is 80.5 Å². The minimum absolute atomic E-state index is 0.0366. The van der Waals surface area contributed by atoms with Crippen molar-refractivity contribution < 1.29 is 13.3 Å². The van der Waals surface area contributed by atoms with Crippen molar-refractivity contribution in [2.24, 2.45) is 0 Å². The molecule has 0 atom stereocenters. The fourth-order valence-electron chi connectivity index (χ4n) is 2.13. The predicted molar refractivity (Wildman–Crippen MR) is 70.8 cm³/mol. The summed E-state index contributed by atoms with van der Waals surface area (Å²) in [5.41, 5.74) is 0.0348. The number of rotatable bonds is 3. The number of sulfonamides is 1. The molecule has 1 saturated heterocycles. The predicted octanol–water partition coefficient (Wildman–Crippen LogP) is 2.34. The molecule has 0 aliphatic carbocycles. The summed E-state index contributed by atoms with van der Waals surface area (Å²) in [7, 11) is -3.67. The molecular formula is C11H13ClN2O4S. The molecule has 1 heterocycles. The van der Waals surface area contributed by atoms with Gasteiger partial charge in [-0.1, -0.05) is 11.6 Å². The van der Waals surface area contributed by atoms with Crippen molar-refractivity contribution in [3.63, 3.8) is 0 Å². The van der Waals surface area contributed by atoms with Crippen molar-refractivity contribution >= 4 is 27.3 Å². The number of hydrogen-bond donors (Lipinski definition) is 0. The Morgan fingerprint density at radius 3 is 2.42 bits per heavy atom. The lowest BCUT2D eigenvalue weighted by atomic mass is 10.2. The molecule has 1 aromatic carbocycles. The van der Waals surface area contributed by atoms with E-state index in [0.29, 0.717) is 18.7 Å². The van der Waals surface area contributed by atoms with Gasteiger partial charge in [0.1, 0.15) is 5.02 Å². The second-order valence-electron chi connectivity index (χ2n) is 4.44. The van der Waals surface area contributed by atoms with E-state index in [1.807, 2.05) is 0 Å². The van der Waals surface area contributed by atoms with Gasteiger partial charge in [0.25, 0.3) is 5.69 Å². The van der Waals surface area contributed by atoms with Crippen LogP contribution in [0.2, 0.25) is 5.02 Å². The number of nitro groups is 1. The van der Waals surface area contributed by atoms with Gasteiger partial charge in [-0.3, -0.25) is 10.1 Å². The molecule has 0 radical (unpaired) electrons. The standard InChI is InChI=1S/C11H13ClN2O4S/c1-8-6-9(12)10(14(15)16)7-11(8)19(17,18)13-4-2-3-5-13/h6-7H,2-5H2,1H3. The van der Waals surface area contributed by atoms with Gasteiger partial charge in [-0.25, -0.2) is 8.42 Å². The minimum Gasteiger partial charge on any atom is -0.258 e. The number of halogens is 1. The SMILES string of the molecule is Cc1cc(Cl)c([N+](=O)[O-])cc1S(=O)(=O)N1CCCC1. The molecule has 19 heavy (non-hydrogen) atoms. The fraction of sp³-hybridized carbons (Fsp3) is 0.455. The smallest absolute Gasteiger partial charge is 0.258 e. The van der Waals surface area contributed by atoms with Crippen molar-refractivity contribution in [3.8, 4) is 0 Å². The average molecular weight is 305 g/mol. The Hall–Kier alpha value is -1.18. The highest BCUT2D eigenvalue weighted by Crippen LogP contribution is 2.32.